The van der Waals surface area contributed by atoms with Gasteiger partial charge in [-0.3, -0.25) is 4.79 Å². The summed E-state index contributed by atoms with van der Waals surface area (Å²) >= 11 is 0. The second kappa shape index (κ2) is 6.81. The Morgan fingerprint density at radius 1 is 1.17 bits per heavy atom. The quantitative estimate of drug-likeness (QED) is 0.648. The Balaban J connectivity index is 2.12. The van der Waals surface area contributed by atoms with Crippen LogP contribution in [-0.2, 0) is 4.79 Å². The first-order valence-corrected chi connectivity index (χ1v) is 8.00. The standard InChI is InChI=1S/C17H24N4O2/c1-5-17(4)15(22)21(16(23)19-17)18-12-13-8-10-14(11-9-13)20(6-2)7-3/h8-12H,5-7H2,1-4H3,(H,19,23)/b18-12+. The number of amides is 3. The summed E-state index contributed by atoms with van der Waals surface area (Å²) in [5.74, 6) is -0.319. The van der Waals surface area contributed by atoms with E-state index < -0.39 is 11.6 Å². The number of hydrogen-bond acceptors (Lipinski definition) is 4. The summed E-state index contributed by atoms with van der Waals surface area (Å²) in [6, 6.07) is 7.39. The fourth-order valence-electron chi connectivity index (χ4n) is 2.50. The van der Waals surface area contributed by atoms with Gasteiger partial charge in [-0.25, -0.2) is 4.79 Å². The molecule has 0 aliphatic carbocycles. The normalized spacial score (nSPS) is 21.1. The number of benzene rings is 1. The minimum atomic E-state index is -0.860. The van der Waals surface area contributed by atoms with E-state index in [1.807, 2.05) is 31.2 Å². The van der Waals surface area contributed by atoms with Crippen LogP contribution < -0.4 is 10.2 Å². The lowest BCUT2D eigenvalue weighted by Gasteiger charge is -2.20. The first-order valence-electron chi connectivity index (χ1n) is 8.00. The van der Waals surface area contributed by atoms with Crippen molar-refractivity contribution in [3.8, 4) is 0 Å². The first-order chi connectivity index (χ1) is 10.9. The molecule has 1 aliphatic heterocycles. The van der Waals surface area contributed by atoms with Gasteiger partial charge < -0.3 is 10.2 Å². The molecule has 6 nitrogen and oxygen atoms in total. The molecular formula is C17H24N4O2. The van der Waals surface area contributed by atoms with Gasteiger partial charge in [-0.05, 0) is 44.9 Å². The molecule has 0 spiro atoms. The molecule has 0 saturated carbocycles. The van der Waals surface area contributed by atoms with E-state index in [9.17, 15) is 9.59 Å². The van der Waals surface area contributed by atoms with Crippen molar-refractivity contribution >= 4 is 23.8 Å². The first kappa shape index (κ1) is 17.0. The number of nitrogens with one attached hydrogen (secondary N) is 1. The average molecular weight is 316 g/mol. The van der Waals surface area contributed by atoms with Crippen LogP contribution in [0.4, 0.5) is 10.5 Å². The Labute approximate surface area is 137 Å². The molecule has 1 atom stereocenters. The lowest BCUT2D eigenvalue weighted by Crippen LogP contribution is -2.42. The Morgan fingerprint density at radius 3 is 2.26 bits per heavy atom. The minimum absolute atomic E-state index is 0.319. The lowest BCUT2D eigenvalue weighted by atomic mass is 10.00. The highest BCUT2D eigenvalue weighted by Gasteiger charge is 2.46. The molecule has 124 valence electrons. The van der Waals surface area contributed by atoms with Crippen LogP contribution in [0.2, 0.25) is 0 Å². The van der Waals surface area contributed by atoms with Gasteiger partial charge in [0.2, 0.25) is 0 Å². The van der Waals surface area contributed by atoms with Crippen LogP contribution in [0.5, 0.6) is 0 Å². The van der Waals surface area contributed by atoms with Crippen LogP contribution in [0.15, 0.2) is 29.4 Å². The van der Waals surface area contributed by atoms with E-state index >= 15 is 0 Å². The van der Waals surface area contributed by atoms with Crippen LogP contribution in [0.3, 0.4) is 0 Å². The molecular weight excluding hydrogens is 292 g/mol. The third-order valence-corrected chi connectivity index (χ3v) is 4.29. The van der Waals surface area contributed by atoms with E-state index in [2.05, 4.69) is 29.2 Å². The van der Waals surface area contributed by atoms with E-state index in [0.717, 1.165) is 29.3 Å². The van der Waals surface area contributed by atoms with Crippen molar-refractivity contribution in [2.45, 2.75) is 39.7 Å². The number of carbonyl (C=O) groups is 2. The van der Waals surface area contributed by atoms with Crippen molar-refractivity contribution < 1.29 is 9.59 Å². The van der Waals surface area contributed by atoms with Crippen molar-refractivity contribution in [1.82, 2.24) is 10.3 Å². The smallest absolute Gasteiger partial charge is 0.346 e. The maximum atomic E-state index is 12.2. The maximum absolute atomic E-state index is 12.2. The zero-order valence-corrected chi connectivity index (χ0v) is 14.2. The number of nitrogens with zero attached hydrogens (tertiary/aromatic N) is 3. The van der Waals surface area contributed by atoms with Gasteiger partial charge in [0.15, 0.2) is 0 Å². The molecule has 1 N–H and O–H groups in total. The largest absolute Gasteiger partial charge is 0.372 e. The van der Waals surface area contributed by atoms with E-state index in [-0.39, 0.29) is 5.91 Å². The molecule has 0 radical (unpaired) electrons. The van der Waals surface area contributed by atoms with Crippen LogP contribution in [0.25, 0.3) is 0 Å². The van der Waals surface area contributed by atoms with Crippen LogP contribution in [0, 0.1) is 0 Å². The second-order valence-corrected chi connectivity index (χ2v) is 5.74. The SMILES string of the molecule is CCN(CC)c1ccc(/C=N/N2C(=O)NC(C)(CC)C2=O)cc1. The van der Waals surface area contributed by atoms with E-state index in [1.165, 1.54) is 6.21 Å². The molecule has 1 aromatic carbocycles. The van der Waals surface area contributed by atoms with Crippen molar-refractivity contribution in [3.05, 3.63) is 29.8 Å². The van der Waals surface area contributed by atoms with Gasteiger partial charge in [-0.2, -0.15) is 5.10 Å². The summed E-state index contributed by atoms with van der Waals surface area (Å²) in [5, 5.41) is 7.62. The summed E-state index contributed by atoms with van der Waals surface area (Å²) in [6.45, 7) is 9.69. The second-order valence-electron chi connectivity index (χ2n) is 5.74. The zero-order chi connectivity index (χ0) is 17.0. The van der Waals surface area contributed by atoms with Crippen molar-refractivity contribution in [2.75, 3.05) is 18.0 Å². The van der Waals surface area contributed by atoms with Gasteiger partial charge in [0, 0.05) is 18.8 Å². The van der Waals surface area contributed by atoms with Gasteiger partial charge >= 0.3 is 6.03 Å². The molecule has 6 heteroatoms. The average Bonchev–Trinajstić information content (AvgIpc) is 2.78. The third-order valence-electron chi connectivity index (χ3n) is 4.29. The van der Waals surface area contributed by atoms with Crippen molar-refractivity contribution in [1.29, 1.82) is 0 Å². The molecule has 1 heterocycles. The molecule has 2 rings (SSSR count). The number of urea groups is 1. The van der Waals surface area contributed by atoms with Gasteiger partial charge in [0.1, 0.15) is 5.54 Å². The van der Waals surface area contributed by atoms with Gasteiger partial charge in [-0.15, -0.1) is 5.01 Å². The fraction of sp³-hybridized carbons (Fsp3) is 0.471. The monoisotopic (exact) mass is 316 g/mol. The maximum Gasteiger partial charge on any atom is 0.346 e. The topological polar surface area (TPSA) is 65.0 Å². The minimum Gasteiger partial charge on any atom is -0.372 e. The molecule has 0 bridgehead atoms. The Kier molecular flexibility index (Phi) is 5.03. The fourth-order valence-corrected chi connectivity index (χ4v) is 2.50. The molecule has 1 fully saturated rings. The van der Waals surface area contributed by atoms with Crippen LogP contribution >= 0.6 is 0 Å². The predicted molar refractivity (Wildman–Crippen MR) is 91.7 cm³/mol. The van der Waals surface area contributed by atoms with Gasteiger partial charge in [-0.1, -0.05) is 19.1 Å². The molecule has 23 heavy (non-hydrogen) atoms. The number of rotatable bonds is 6. The zero-order valence-electron chi connectivity index (χ0n) is 14.2. The third kappa shape index (κ3) is 3.36. The Bertz CT molecular complexity index is 608. The highest BCUT2D eigenvalue weighted by Crippen LogP contribution is 2.21. The van der Waals surface area contributed by atoms with Gasteiger partial charge in [0.25, 0.3) is 5.91 Å². The predicted octanol–water partition coefficient (Wildman–Crippen LogP) is 2.59. The molecule has 3 amide bonds. The number of carbonyl (C=O) groups excluding carboxylic acids is 2. The highest BCUT2D eigenvalue weighted by molar-refractivity contribution is 6.07. The molecule has 1 aliphatic rings. The van der Waals surface area contributed by atoms with Crippen molar-refractivity contribution in [3.63, 3.8) is 0 Å². The summed E-state index contributed by atoms with van der Waals surface area (Å²) in [5.41, 5.74) is 1.12. The summed E-state index contributed by atoms with van der Waals surface area (Å²) < 4.78 is 0. The number of anilines is 1. The number of hydrogen-bond donors (Lipinski definition) is 1. The van der Waals surface area contributed by atoms with E-state index in [1.54, 1.807) is 6.92 Å². The highest BCUT2D eigenvalue weighted by atomic mass is 16.2. The summed E-state index contributed by atoms with van der Waals surface area (Å²) in [4.78, 5) is 26.3. The molecule has 1 aromatic rings. The van der Waals surface area contributed by atoms with E-state index in [4.69, 9.17) is 0 Å². The number of hydrazone groups is 1. The van der Waals surface area contributed by atoms with Crippen molar-refractivity contribution in [2.24, 2.45) is 5.10 Å². The van der Waals surface area contributed by atoms with Crippen LogP contribution in [0.1, 0.15) is 39.7 Å². The lowest BCUT2D eigenvalue weighted by molar-refractivity contribution is -0.130. The van der Waals surface area contributed by atoms with Gasteiger partial charge in [0.05, 0.1) is 6.21 Å². The molecule has 1 saturated heterocycles. The number of imide groups is 1. The van der Waals surface area contributed by atoms with E-state index in [0.29, 0.717) is 6.42 Å². The molecule has 1 unspecified atom stereocenters. The molecule has 0 aromatic heterocycles. The summed E-state index contributed by atoms with van der Waals surface area (Å²) in [6.07, 6.45) is 2.06. The summed E-state index contributed by atoms with van der Waals surface area (Å²) in [7, 11) is 0. The Morgan fingerprint density at radius 2 is 1.78 bits per heavy atom. The van der Waals surface area contributed by atoms with Crippen LogP contribution in [-0.4, -0.2) is 41.8 Å². The Hall–Kier alpha value is -2.37.